The number of anilines is 1. The lowest BCUT2D eigenvalue weighted by Gasteiger charge is -2.21. The van der Waals surface area contributed by atoms with Crippen molar-refractivity contribution in [1.82, 2.24) is 24.9 Å². The minimum atomic E-state index is 0.141. The van der Waals surface area contributed by atoms with Crippen LogP contribution in [0.15, 0.2) is 41.1 Å². The van der Waals surface area contributed by atoms with E-state index in [0.29, 0.717) is 43.5 Å². The van der Waals surface area contributed by atoms with Gasteiger partial charge in [0.1, 0.15) is 22.9 Å². The van der Waals surface area contributed by atoms with E-state index in [4.69, 9.17) is 13.9 Å². The number of ketones is 1. The van der Waals surface area contributed by atoms with E-state index < -0.39 is 0 Å². The maximum atomic E-state index is 11.7. The molecule has 4 aromatic heterocycles. The zero-order valence-corrected chi connectivity index (χ0v) is 19.4. The van der Waals surface area contributed by atoms with E-state index in [0.717, 1.165) is 42.1 Å². The van der Waals surface area contributed by atoms with E-state index >= 15 is 0 Å². The van der Waals surface area contributed by atoms with Crippen molar-refractivity contribution in [3.05, 3.63) is 36.7 Å². The van der Waals surface area contributed by atoms with Crippen LogP contribution in [-0.4, -0.2) is 71.9 Å². The molecule has 1 aliphatic heterocycles. The van der Waals surface area contributed by atoms with Crippen LogP contribution < -0.4 is 15.0 Å². The van der Waals surface area contributed by atoms with Crippen LogP contribution in [0.5, 0.6) is 5.88 Å². The van der Waals surface area contributed by atoms with Crippen molar-refractivity contribution in [3.63, 3.8) is 0 Å². The molecule has 34 heavy (non-hydrogen) atoms. The van der Waals surface area contributed by atoms with Gasteiger partial charge in [-0.05, 0) is 25.1 Å². The summed E-state index contributed by atoms with van der Waals surface area (Å²) in [4.78, 5) is 22.9. The molecule has 1 atom stereocenters. The summed E-state index contributed by atoms with van der Waals surface area (Å²) in [5, 5.41) is 8.67. The predicted octanol–water partition coefficient (Wildman–Crippen LogP) is 2.57. The molecule has 1 fully saturated rings. The van der Waals surface area contributed by atoms with Crippen molar-refractivity contribution in [3.8, 4) is 17.3 Å². The number of Topliss-reactive ketones (excluding diaryl/α,β-unsaturated/α-hetero) is 1. The van der Waals surface area contributed by atoms with Crippen molar-refractivity contribution in [2.75, 3.05) is 51.4 Å². The molecule has 10 nitrogen and oxygen atoms in total. The fourth-order valence-corrected chi connectivity index (χ4v) is 4.25. The van der Waals surface area contributed by atoms with E-state index in [1.54, 1.807) is 30.1 Å². The summed E-state index contributed by atoms with van der Waals surface area (Å²) >= 11 is 0. The van der Waals surface area contributed by atoms with Crippen LogP contribution >= 0.6 is 0 Å². The number of carbonyl (C=O) groups excluding carboxylic acids is 1. The first-order valence-electron chi connectivity index (χ1n) is 11.5. The van der Waals surface area contributed by atoms with E-state index in [-0.39, 0.29) is 11.7 Å². The van der Waals surface area contributed by atoms with Crippen molar-refractivity contribution < 1.29 is 18.7 Å². The van der Waals surface area contributed by atoms with Crippen LogP contribution in [0.4, 0.5) is 5.82 Å². The molecule has 5 heterocycles. The van der Waals surface area contributed by atoms with Gasteiger partial charge in [-0.2, -0.15) is 0 Å². The fourth-order valence-electron chi connectivity index (χ4n) is 4.25. The Kier molecular flexibility index (Phi) is 6.41. The second-order valence-corrected chi connectivity index (χ2v) is 8.37. The van der Waals surface area contributed by atoms with Gasteiger partial charge in [0.25, 0.3) is 0 Å². The monoisotopic (exact) mass is 464 g/mol. The molecule has 178 valence electrons. The van der Waals surface area contributed by atoms with Crippen molar-refractivity contribution in [2.45, 2.75) is 13.3 Å². The van der Waals surface area contributed by atoms with Gasteiger partial charge in [-0.15, -0.1) is 5.10 Å². The molecule has 0 aliphatic carbocycles. The number of pyridine rings is 1. The van der Waals surface area contributed by atoms with Crippen molar-refractivity contribution in [2.24, 2.45) is 5.92 Å². The van der Waals surface area contributed by atoms with E-state index in [9.17, 15) is 4.79 Å². The molecule has 0 radical (unpaired) electrons. The molecule has 0 bridgehead atoms. The number of rotatable bonds is 9. The molecule has 1 saturated heterocycles. The zero-order valence-electron chi connectivity index (χ0n) is 19.4. The highest BCUT2D eigenvalue weighted by Gasteiger charge is 2.21. The van der Waals surface area contributed by atoms with Crippen LogP contribution in [-0.2, 0) is 9.53 Å². The summed E-state index contributed by atoms with van der Waals surface area (Å²) in [7, 11) is 1.69. The Morgan fingerprint density at radius 2 is 2.21 bits per heavy atom. The number of piperidine rings is 1. The fraction of sp³-hybridized carbons (Fsp3) is 0.417. The third-order valence-corrected chi connectivity index (χ3v) is 6.00. The van der Waals surface area contributed by atoms with Gasteiger partial charge >= 0.3 is 0 Å². The Labute approximate surface area is 196 Å². The van der Waals surface area contributed by atoms with Gasteiger partial charge in [-0.3, -0.25) is 4.79 Å². The molecule has 1 N–H and O–H groups in total. The molecule has 0 aromatic carbocycles. The van der Waals surface area contributed by atoms with Gasteiger partial charge in [0, 0.05) is 51.3 Å². The Balaban J connectivity index is 1.43. The summed E-state index contributed by atoms with van der Waals surface area (Å²) < 4.78 is 19.1. The molecule has 0 spiro atoms. The largest absolute Gasteiger partial charge is 0.476 e. The third-order valence-electron chi connectivity index (χ3n) is 6.00. The number of ether oxygens (including phenoxy) is 2. The van der Waals surface area contributed by atoms with Crippen LogP contribution in [0.1, 0.15) is 13.3 Å². The summed E-state index contributed by atoms with van der Waals surface area (Å²) in [5.74, 6) is 2.32. The number of hydrogen-bond acceptors (Lipinski definition) is 9. The standard InChI is InChI=1S/C24H28N6O4/c1-3-29(8-9-32-2)24-18-11-21(34-20(18)6-7-26-24)19-14-27-22-4-5-23(28-30(19)22)33-15-16-10-17(31)13-25-12-16/h4-7,11,14,16,25H,3,8-10,12-13,15H2,1-2H3/t16-/m1/s1. The highest BCUT2D eigenvalue weighted by atomic mass is 16.5. The minimum absolute atomic E-state index is 0.141. The van der Waals surface area contributed by atoms with E-state index in [2.05, 4.69) is 32.2 Å². The summed E-state index contributed by atoms with van der Waals surface area (Å²) in [6.45, 7) is 5.87. The SMILES string of the molecule is CCN(CCOC)c1nccc2oc(-c3cnc4ccc(OC[C@H]5CNCC(=O)C5)nn34)cc12. The Hall–Kier alpha value is -3.50. The molecule has 0 saturated carbocycles. The number of fused-ring (bicyclic) bond motifs is 2. The Morgan fingerprint density at radius 3 is 3.03 bits per heavy atom. The first-order chi connectivity index (χ1) is 16.7. The number of nitrogens with one attached hydrogen (secondary N) is 1. The zero-order chi connectivity index (χ0) is 23.5. The number of furan rings is 1. The number of likely N-dealkylation sites (N-methyl/N-ethyl adjacent to an activating group) is 1. The van der Waals surface area contributed by atoms with Gasteiger partial charge in [-0.25, -0.2) is 14.5 Å². The average molecular weight is 465 g/mol. The number of methoxy groups -OCH3 is 1. The van der Waals surface area contributed by atoms with Gasteiger partial charge in [0.15, 0.2) is 11.4 Å². The Morgan fingerprint density at radius 1 is 1.29 bits per heavy atom. The molecule has 5 rings (SSSR count). The molecular weight excluding hydrogens is 436 g/mol. The number of imidazole rings is 1. The molecule has 10 heteroatoms. The average Bonchev–Trinajstić information content (AvgIpc) is 3.47. The maximum Gasteiger partial charge on any atom is 0.231 e. The number of hydrogen-bond donors (Lipinski definition) is 1. The van der Waals surface area contributed by atoms with Gasteiger partial charge in [0.05, 0.1) is 31.3 Å². The number of aromatic nitrogens is 4. The highest BCUT2D eigenvalue weighted by Crippen LogP contribution is 2.33. The molecule has 1 aliphatic rings. The lowest BCUT2D eigenvalue weighted by Crippen LogP contribution is -2.38. The smallest absolute Gasteiger partial charge is 0.231 e. The molecule has 0 unspecified atom stereocenters. The van der Waals surface area contributed by atoms with Crippen LogP contribution in [0.2, 0.25) is 0 Å². The second kappa shape index (κ2) is 9.78. The van der Waals surface area contributed by atoms with Gasteiger partial charge < -0.3 is 24.1 Å². The van der Waals surface area contributed by atoms with Crippen molar-refractivity contribution >= 4 is 28.2 Å². The quantitative estimate of drug-likeness (QED) is 0.400. The lowest BCUT2D eigenvalue weighted by atomic mass is 10.00. The normalized spacial score (nSPS) is 16.4. The topological polar surface area (TPSA) is 107 Å². The summed E-state index contributed by atoms with van der Waals surface area (Å²) in [6.07, 6.45) is 4.02. The van der Waals surface area contributed by atoms with E-state index in [1.807, 2.05) is 18.2 Å². The number of carbonyl (C=O) groups is 1. The molecule has 4 aromatic rings. The Bertz CT molecular complexity index is 1300. The van der Waals surface area contributed by atoms with Crippen LogP contribution in [0.25, 0.3) is 28.1 Å². The third kappa shape index (κ3) is 4.46. The lowest BCUT2D eigenvalue weighted by molar-refractivity contribution is -0.120. The molecular formula is C24H28N6O4. The van der Waals surface area contributed by atoms with Crippen LogP contribution in [0.3, 0.4) is 0 Å². The predicted molar refractivity (Wildman–Crippen MR) is 127 cm³/mol. The highest BCUT2D eigenvalue weighted by molar-refractivity contribution is 5.92. The van der Waals surface area contributed by atoms with Crippen LogP contribution in [0, 0.1) is 5.92 Å². The van der Waals surface area contributed by atoms with Crippen molar-refractivity contribution in [1.29, 1.82) is 0 Å². The second-order valence-electron chi connectivity index (χ2n) is 8.37. The first-order valence-corrected chi connectivity index (χ1v) is 11.5. The van der Waals surface area contributed by atoms with Gasteiger partial charge in [0.2, 0.25) is 5.88 Å². The van der Waals surface area contributed by atoms with Gasteiger partial charge in [-0.1, -0.05) is 0 Å². The minimum Gasteiger partial charge on any atom is -0.476 e. The summed E-state index contributed by atoms with van der Waals surface area (Å²) in [6, 6.07) is 7.48. The van der Waals surface area contributed by atoms with E-state index in [1.165, 1.54) is 0 Å². The first kappa shape index (κ1) is 22.3. The number of nitrogens with zero attached hydrogens (tertiary/aromatic N) is 5. The maximum absolute atomic E-state index is 11.7. The summed E-state index contributed by atoms with van der Waals surface area (Å²) in [5.41, 5.74) is 2.15. The molecule has 0 amide bonds.